The van der Waals surface area contributed by atoms with E-state index in [2.05, 4.69) is 23.4 Å². The minimum Gasteiger partial charge on any atom is -0.462 e. The van der Waals surface area contributed by atoms with Crippen molar-refractivity contribution in [2.45, 2.75) is 17.6 Å². The minimum absolute atomic E-state index is 0.810. The van der Waals surface area contributed by atoms with E-state index >= 15 is 0 Å². The molecule has 3 nitrogen and oxygen atoms in total. The average Bonchev–Trinajstić information content (AvgIpc) is 3.09. The Hall–Kier alpha value is -1.72. The first-order chi connectivity index (χ1) is 9.72. The first-order valence-electron chi connectivity index (χ1n) is 6.19. The molecule has 5 heteroatoms. The lowest BCUT2D eigenvalue weighted by molar-refractivity contribution is 0.581. The van der Waals surface area contributed by atoms with Gasteiger partial charge in [-0.15, -0.1) is 23.1 Å². The van der Waals surface area contributed by atoms with Crippen LogP contribution in [0.2, 0.25) is 0 Å². The van der Waals surface area contributed by atoms with Crippen molar-refractivity contribution in [1.82, 2.24) is 4.98 Å². The summed E-state index contributed by atoms with van der Waals surface area (Å²) in [5.41, 5.74) is 9.07. The van der Waals surface area contributed by atoms with Gasteiger partial charge in [0.15, 0.2) is 10.8 Å². The van der Waals surface area contributed by atoms with Crippen LogP contribution in [0.15, 0.2) is 51.3 Å². The Labute approximate surface area is 125 Å². The van der Waals surface area contributed by atoms with Crippen LogP contribution >= 0.6 is 23.1 Å². The third-order valence-corrected chi connectivity index (χ3v) is 4.84. The van der Waals surface area contributed by atoms with Crippen molar-refractivity contribution in [3.05, 3.63) is 53.2 Å². The summed E-state index contributed by atoms with van der Waals surface area (Å²) in [5, 5.41) is 2.99. The molecule has 3 aromatic rings. The van der Waals surface area contributed by atoms with E-state index in [0.717, 1.165) is 32.8 Å². The molecule has 0 aliphatic carbocycles. The highest BCUT2D eigenvalue weighted by Gasteiger charge is 2.08. The number of thioether (sulfide) groups is 1. The van der Waals surface area contributed by atoms with E-state index in [1.165, 1.54) is 5.56 Å². The van der Waals surface area contributed by atoms with Gasteiger partial charge < -0.3 is 10.2 Å². The van der Waals surface area contributed by atoms with Crippen molar-refractivity contribution in [2.75, 3.05) is 5.73 Å². The molecule has 0 unspecified atom stereocenters. The molecule has 0 spiro atoms. The van der Waals surface area contributed by atoms with Crippen molar-refractivity contribution in [2.24, 2.45) is 0 Å². The normalized spacial score (nSPS) is 10.8. The summed E-state index contributed by atoms with van der Waals surface area (Å²) >= 11 is 3.31. The molecular weight excluding hydrogens is 288 g/mol. The Morgan fingerprint density at radius 3 is 3.05 bits per heavy atom. The quantitative estimate of drug-likeness (QED) is 0.566. The number of benzene rings is 1. The molecule has 0 aliphatic heterocycles. The maximum Gasteiger partial charge on any atom is 0.162 e. The van der Waals surface area contributed by atoms with Crippen molar-refractivity contribution in [3.8, 4) is 10.8 Å². The first-order valence-corrected chi connectivity index (χ1v) is 8.06. The van der Waals surface area contributed by atoms with Crippen LogP contribution in [0.1, 0.15) is 11.3 Å². The highest BCUT2D eigenvalue weighted by atomic mass is 32.2. The predicted octanol–water partition coefficient (Wildman–Crippen LogP) is 4.59. The topological polar surface area (TPSA) is 52.0 Å². The third-order valence-electron chi connectivity index (χ3n) is 2.83. The van der Waals surface area contributed by atoms with E-state index in [4.69, 9.17) is 10.2 Å². The average molecular weight is 302 g/mol. The Bertz CT molecular complexity index is 704. The van der Waals surface area contributed by atoms with Gasteiger partial charge in [0.25, 0.3) is 0 Å². The third kappa shape index (κ3) is 2.89. The molecule has 0 saturated heterocycles. The van der Waals surface area contributed by atoms with Crippen LogP contribution in [-0.2, 0) is 5.75 Å². The SMILES string of the molecule is Cc1ccc(N)c(SCc2csc(-c3ccco3)n2)c1. The predicted molar refractivity (Wildman–Crippen MR) is 85.0 cm³/mol. The largest absolute Gasteiger partial charge is 0.462 e. The van der Waals surface area contributed by atoms with Crippen LogP contribution in [0.4, 0.5) is 5.69 Å². The number of hydrogen-bond acceptors (Lipinski definition) is 5. The monoisotopic (exact) mass is 302 g/mol. The number of furan rings is 1. The van der Waals surface area contributed by atoms with Gasteiger partial charge in [-0.05, 0) is 36.8 Å². The Balaban J connectivity index is 1.71. The second kappa shape index (κ2) is 5.73. The molecule has 0 aliphatic rings. The van der Waals surface area contributed by atoms with Crippen molar-refractivity contribution < 1.29 is 4.42 Å². The fourth-order valence-corrected chi connectivity index (χ4v) is 3.65. The summed E-state index contributed by atoms with van der Waals surface area (Å²) in [4.78, 5) is 5.69. The molecule has 0 bridgehead atoms. The number of nitrogens with zero attached hydrogens (tertiary/aromatic N) is 1. The molecule has 2 heterocycles. The number of nitrogens with two attached hydrogens (primary N) is 1. The Morgan fingerprint density at radius 1 is 1.35 bits per heavy atom. The molecule has 102 valence electrons. The van der Waals surface area contributed by atoms with Gasteiger partial charge in [-0.1, -0.05) is 6.07 Å². The van der Waals surface area contributed by atoms with Crippen molar-refractivity contribution >= 4 is 28.8 Å². The summed E-state index contributed by atoms with van der Waals surface area (Å²) < 4.78 is 5.35. The molecule has 3 rings (SSSR count). The van der Waals surface area contributed by atoms with Gasteiger partial charge in [-0.2, -0.15) is 0 Å². The zero-order valence-electron chi connectivity index (χ0n) is 11.0. The Kier molecular flexibility index (Phi) is 3.80. The molecular formula is C15H14N2OS2. The van der Waals surface area contributed by atoms with Crippen LogP contribution in [-0.4, -0.2) is 4.98 Å². The standard InChI is InChI=1S/C15H14N2OS2/c1-10-4-5-12(16)14(7-10)19-8-11-9-20-15(17-11)13-3-2-6-18-13/h2-7,9H,8,16H2,1H3. The number of rotatable bonds is 4. The summed E-state index contributed by atoms with van der Waals surface area (Å²) in [5.74, 6) is 1.63. The van der Waals surface area contributed by atoms with E-state index in [9.17, 15) is 0 Å². The number of nitrogen functional groups attached to an aromatic ring is 1. The Morgan fingerprint density at radius 2 is 2.25 bits per heavy atom. The van der Waals surface area contributed by atoms with Crippen LogP contribution in [0, 0.1) is 6.92 Å². The number of anilines is 1. The van der Waals surface area contributed by atoms with Gasteiger partial charge in [0, 0.05) is 21.7 Å². The fraction of sp³-hybridized carbons (Fsp3) is 0.133. The number of aromatic nitrogens is 1. The maximum absolute atomic E-state index is 5.98. The van der Waals surface area contributed by atoms with E-state index < -0.39 is 0 Å². The van der Waals surface area contributed by atoms with E-state index in [0.29, 0.717) is 0 Å². The van der Waals surface area contributed by atoms with Crippen LogP contribution in [0.25, 0.3) is 10.8 Å². The molecule has 0 atom stereocenters. The van der Waals surface area contributed by atoms with Crippen LogP contribution < -0.4 is 5.73 Å². The molecule has 2 N–H and O–H groups in total. The second-order valence-electron chi connectivity index (χ2n) is 4.45. The zero-order chi connectivity index (χ0) is 13.9. The van der Waals surface area contributed by atoms with E-state index in [1.807, 2.05) is 24.3 Å². The highest BCUT2D eigenvalue weighted by molar-refractivity contribution is 7.98. The van der Waals surface area contributed by atoms with Crippen LogP contribution in [0.3, 0.4) is 0 Å². The van der Waals surface area contributed by atoms with E-state index in [1.54, 1.807) is 29.4 Å². The van der Waals surface area contributed by atoms with E-state index in [-0.39, 0.29) is 0 Å². The minimum atomic E-state index is 0.810. The van der Waals surface area contributed by atoms with Gasteiger partial charge in [-0.3, -0.25) is 0 Å². The fourth-order valence-electron chi connectivity index (χ4n) is 1.80. The van der Waals surface area contributed by atoms with Crippen molar-refractivity contribution in [3.63, 3.8) is 0 Å². The molecule has 2 aromatic heterocycles. The lowest BCUT2D eigenvalue weighted by Crippen LogP contribution is -1.90. The summed E-state index contributed by atoms with van der Waals surface area (Å²) in [6.45, 7) is 2.07. The summed E-state index contributed by atoms with van der Waals surface area (Å²) in [6.07, 6.45) is 1.67. The van der Waals surface area contributed by atoms with Gasteiger partial charge in [0.05, 0.1) is 12.0 Å². The van der Waals surface area contributed by atoms with Gasteiger partial charge in [0.1, 0.15) is 0 Å². The van der Waals surface area contributed by atoms with Gasteiger partial charge in [-0.25, -0.2) is 4.98 Å². The first kappa shape index (κ1) is 13.3. The molecule has 0 saturated carbocycles. The smallest absolute Gasteiger partial charge is 0.162 e. The number of aryl methyl sites for hydroxylation is 1. The number of hydrogen-bond donors (Lipinski definition) is 1. The lowest BCUT2D eigenvalue weighted by atomic mass is 10.2. The summed E-state index contributed by atoms with van der Waals surface area (Å²) in [6, 6.07) is 9.89. The lowest BCUT2D eigenvalue weighted by Gasteiger charge is -2.05. The van der Waals surface area contributed by atoms with Crippen molar-refractivity contribution in [1.29, 1.82) is 0 Å². The van der Waals surface area contributed by atoms with Crippen LogP contribution in [0.5, 0.6) is 0 Å². The highest BCUT2D eigenvalue weighted by Crippen LogP contribution is 2.31. The molecule has 20 heavy (non-hydrogen) atoms. The number of thiazole rings is 1. The molecule has 0 radical (unpaired) electrons. The summed E-state index contributed by atoms with van der Waals surface area (Å²) in [7, 11) is 0. The van der Waals surface area contributed by atoms with Gasteiger partial charge >= 0.3 is 0 Å². The maximum atomic E-state index is 5.98. The van der Waals surface area contributed by atoms with Gasteiger partial charge in [0.2, 0.25) is 0 Å². The second-order valence-corrected chi connectivity index (χ2v) is 6.33. The molecule has 0 fully saturated rings. The molecule has 1 aromatic carbocycles. The molecule has 0 amide bonds. The zero-order valence-corrected chi connectivity index (χ0v) is 12.6.